The summed E-state index contributed by atoms with van der Waals surface area (Å²) in [5.74, 6) is 0. The van der Waals surface area contributed by atoms with Crippen LogP contribution in [-0.2, 0) is 9.47 Å². The van der Waals surface area contributed by atoms with Crippen LogP contribution in [0.2, 0.25) is 0 Å². The van der Waals surface area contributed by atoms with Gasteiger partial charge in [-0.3, -0.25) is 0 Å². The highest BCUT2D eigenvalue weighted by atomic mass is 16.8. The fourth-order valence-corrected chi connectivity index (χ4v) is 0.280. The number of hydrogen-bond acceptors (Lipinski definition) is 3. The van der Waals surface area contributed by atoms with Crippen molar-refractivity contribution >= 4 is 6.16 Å². The Balaban J connectivity index is 2.88. The second-order valence-electron chi connectivity index (χ2n) is 1.11. The monoisotopic (exact) mass is 105 g/mol. The Hall–Kier alpha value is -0.730. The van der Waals surface area contributed by atoms with Gasteiger partial charge in [0.25, 0.3) is 0 Å². The van der Waals surface area contributed by atoms with Gasteiger partial charge in [-0.15, -0.1) is 0 Å². The topological polar surface area (TPSA) is 35.5 Å². The molecule has 1 rings (SSSR count). The minimum atomic E-state index is -2.34. The van der Waals surface area contributed by atoms with E-state index < -0.39 is 18.8 Å². The lowest BCUT2D eigenvalue weighted by Crippen LogP contribution is -2.01. The highest BCUT2D eigenvalue weighted by Crippen LogP contribution is 2.02. The Bertz CT molecular complexity index is 159. The summed E-state index contributed by atoms with van der Waals surface area (Å²) < 4.78 is 29.2. The second-order valence-corrected chi connectivity index (χ2v) is 1.11. The van der Waals surface area contributed by atoms with Gasteiger partial charge in [-0.25, -0.2) is 4.79 Å². The largest absolute Gasteiger partial charge is 0.508 e. The summed E-state index contributed by atoms with van der Waals surface area (Å²) in [6, 6.07) is 0. The highest BCUT2D eigenvalue weighted by Gasteiger charge is 2.19. The van der Waals surface area contributed by atoms with Crippen molar-refractivity contribution in [3.05, 3.63) is 0 Å². The third-order valence-corrected chi connectivity index (χ3v) is 0.515. The maximum atomic E-state index is 10.3. The molecular weight excluding hydrogens is 96.0 g/mol. The fourth-order valence-electron chi connectivity index (χ4n) is 0.280. The smallest absolute Gasteiger partial charge is 0.430 e. The van der Waals surface area contributed by atoms with E-state index in [-0.39, 0.29) is 0 Å². The molecule has 0 radical (unpaired) electrons. The molecule has 0 N–H and O–H groups in total. The normalized spacial score (nSPS) is 53.3. The molecule has 1 atom stereocenters. The van der Waals surface area contributed by atoms with Crippen molar-refractivity contribution in [1.82, 2.24) is 0 Å². The van der Waals surface area contributed by atoms with Gasteiger partial charge in [0.05, 0.1) is 4.11 Å². The number of carbonyl (C=O) groups is 1. The zero-order chi connectivity index (χ0) is 7.99. The number of ether oxygens (including phenoxy) is 2. The number of rotatable bonds is 0. The van der Waals surface area contributed by atoms with Gasteiger partial charge in [0.2, 0.25) is 0 Å². The Morgan fingerprint density at radius 3 is 3.14 bits per heavy atom. The predicted molar refractivity (Wildman–Crippen MR) is 21.9 cm³/mol. The number of carbonyl (C=O) groups excluding carboxylic acids is 1. The van der Waals surface area contributed by atoms with Crippen LogP contribution >= 0.6 is 0 Å². The van der Waals surface area contributed by atoms with Gasteiger partial charge >= 0.3 is 6.16 Å². The summed E-state index contributed by atoms with van der Waals surface area (Å²) in [5.41, 5.74) is 0. The molecule has 0 spiro atoms. The van der Waals surface area contributed by atoms with E-state index in [2.05, 4.69) is 9.47 Å². The molecule has 3 heteroatoms. The molecule has 0 amide bonds. The molecular formula is C4H6O3. The molecule has 1 saturated heterocycles. The van der Waals surface area contributed by atoms with Crippen LogP contribution in [0, 0.1) is 0 Å². The van der Waals surface area contributed by atoms with Crippen LogP contribution in [0.15, 0.2) is 0 Å². The fraction of sp³-hybridized carbons (Fsp3) is 0.750. The molecule has 1 heterocycles. The average molecular weight is 105 g/mol. The molecule has 1 aliphatic heterocycles. The van der Waals surface area contributed by atoms with Crippen molar-refractivity contribution in [3.8, 4) is 0 Å². The first-order valence-corrected chi connectivity index (χ1v) is 1.77. The van der Waals surface area contributed by atoms with Crippen molar-refractivity contribution in [2.75, 3.05) is 6.56 Å². The summed E-state index contributed by atoms with van der Waals surface area (Å²) in [5, 5.41) is 0. The van der Waals surface area contributed by atoms with Crippen molar-refractivity contribution in [1.29, 1.82) is 0 Å². The number of hydrogen-bond donors (Lipinski definition) is 0. The average Bonchev–Trinajstić information content (AvgIpc) is 1.73. The molecule has 1 unspecified atom stereocenters. The lowest BCUT2D eigenvalue weighted by atomic mass is 10.5. The van der Waals surface area contributed by atoms with Crippen molar-refractivity contribution in [3.63, 3.8) is 0 Å². The first-order valence-electron chi connectivity index (χ1n) is 3.27. The van der Waals surface area contributed by atoms with E-state index in [1.54, 1.807) is 0 Å². The molecule has 0 aromatic carbocycles. The standard InChI is InChI=1S/C4H6O3/c1-3-2-6-4(5)7-3/h3H,2H2,1H3/i2D2,3D. The zero-order valence-electron chi connectivity index (χ0n) is 6.72. The van der Waals surface area contributed by atoms with Crippen molar-refractivity contribution < 1.29 is 18.4 Å². The first kappa shape index (κ1) is 2.03. The zero-order valence-corrected chi connectivity index (χ0v) is 3.72. The number of cyclic esters (lactones) is 2. The second kappa shape index (κ2) is 1.40. The van der Waals surface area contributed by atoms with Crippen LogP contribution in [0.3, 0.4) is 0 Å². The first-order chi connectivity index (χ1) is 4.35. The summed E-state index contributed by atoms with van der Waals surface area (Å²) in [6.45, 7) is -1.22. The van der Waals surface area contributed by atoms with Gasteiger partial charge in [0.1, 0.15) is 12.6 Å². The Kier molecular flexibility index (Phi) is 0.407. The van der Waals surface area contributed by atoms with Crippen LogP contribution in [0.5, 0.6) is 0 Å². The van der Waals surface area contributed by atoms with Crippen molar-refractivity contribution in [2.24, 2.45) is 0 Å². The van der Waals surface area contributed by atoms with Crippen LogP contribution in [0.1, 0.15) is 11.0 Å². The van der Waals surface area contributed by atoms with Gasteiger partial charge in [-0.05, 0) is 6.92 Å². The van der Waals surface area contributed by atoms with E-state index in [1.807, 2.05) is 0 Å². The van der Waals surface area contributed by atoms with E-state index >= 15 is 0 Å². The van der Waals surface area contributed by atoms with E-state index in [9.17, 15) is 4.79 Å². The third-order valence-electron chi connectivity index (χ3n) is 0.515. The molecule has 0 bridgehead atoms. The van der Waals surface area contributed by atoms with Gasteiger partial charge in [0.15, 0.2) is 0 Å². The Labute approximate surface area is 45.4 Å². The van der Waals surface area contributed by atoms with Crippen LogP contribution in [0.25, 0.3) is 0 Å². The molecule has 0 aliphatic carbocycles. The van der Waals surface area contributed by atoms with Crippen LogP contribution in [0.4, 0.5) is 4.79 Å². The molecule has 1 aliphatic rings. The van der Waals surface area contributed by atoms with Gasteiger partial charge in [0, 0.05) is 0 Å². The lowest BCUT2D eigenvalue weighted by Gasteiger charge is -1.90. The third kappa shape index (κ3) is 0.824. The van der Waals surface area contributed by atoms with Gasteiger partial charge in [-0.1, -0.05) is 0 Å². The molecule has 0 saturated carbocycles. The van der Waals surface area contributed by atoms with Crippen molar-refractivity contribution in [2.45, 2.75) is 13.0 Å². The lowest BCUT2D eigenvalue weighted by molar-refractivity contribution is 0.121. The van der Waals surface area contributed by atoms with E-state index in [4.69, 9.17) is 4.11 Å². The molecule has 7 heavy (non-hydrogen) atoms. The molecule has 40 valence electrons. The van der Waals surface area contributed by atoms with E-state index in [0.29, 0.717) is 0 Å². The molecule has 1 fully saturated rings. The van der Waals surface area contributed by atoms with Crippen LogP contribution in [-0.4, -0.2) is 18.8 Å². The quantitative estimate of drug-likeness (QED) is 0.422. The summed E-state index contributed by atoms with van der Waals surface area (Å²) in [6.07, 6.45) is -3.06. The maximum Gasteiger partial charge on any atom is 0.508 e. The Morgan fingerprint density at radius 1 is 2.29 bits per heavy atom. The van der Waals surface area contributed by atoms with Crippen LogP contribution < -0.4 is 0 Å². The van der Waals surface area contributed by atoms with E-state index in [1.165, 1.54) is 0 Å². The predicted octanol–water partition coefficient (Wildman–Crippen LogP) is 0.542. The van der Waals surface area contributed by atoms with Gasteiger partial charge in [-0.2, -0.15) is 0 Å². The van der Waals surface area contributed by atoms with E-state index in [0.717, 1.165) is 6.92 Å². The molecule has 0 aromatic rings. The SMILES string of the molecule is [2H]C1([2H])OC(=O)OC1([2H])C. The molecule has 0 aromatic heterocycles. The molecule has 3 nitrogen and oxygen atoms in total. The summed E-state index contributed by atoms with van der Waals surface area (Å²) in [4.78, 5) is 10.3. The summed E-state index contributed by atoms with van der Waals surface area (Å²) in [7, 11) is 0. The Morgan fingerprint density at radius 2 is 3.00 bits per heavy atom. The minimum Gasteiger partial charge on any atom is -0.430 e. The maximum absolute atomic E-state index is 10.3. The summed E-state index contributed by atoms with van der Waals surface area (Å²) >= 11 is 0. The minimum absolute atomic E-state index is 1.12. The van der Waals surface area contributed by atoms with Gasteiger partial charge < -0.3 is 9.47 Å². The highest BCUT2D eigenvalue weighted by molar-refractivity contribution is 5.61.